The molecule has 1 heterocycles. The van der Waals surface area contributed by atoms with Crippen LogP contribution < -0.4 is 5.32 Å². The number of hydrogen-bond acceptors (Lipinski definition) is 3. The standard InChI is InChI=1S/C17H30N2O2/c1-2-3-7-16(20)18-14-17(8-5-4-6-9-17)15-19-10-12-21-13-11-19/h2H,1,3-15H2,(H,18,20). The molecular formula is C17H30N2O2. The number of nitrogens with zero attached hydrogens (tertiary/aromatic N) is 1. The first-order valence-electron chi connectivity index (χ1n) is 8.42. The molecule has 0 bridgehead atoms. The van der Waals surface area contributed by atoms with Gasteiger partial charge in [-0.2, -0.15) is 0 Å². The average Bonchev–Trinajstić information content (AvgIpc) is 2.53. The quantitative estimate of drug-likeness (QED) is 0.733. The molecule has 1 N–H and O–H groups in total. The second-order valence-corrected chi connectivity index (χ2v) is 6.55. The van der Waals surface area contributed by atoms with Crippen molar-refractivity contribution in [2.24, 2.45) is 5.41 Å². The van der Waals surface area contributed by atoms with Gasteiger partial charge < -0.3 is 10.1 Å². The van der Waals surface area contributed by atoms with E-state index < -0.39 is 0 Å². The van der Waals surface area contributed by atoms with Crippen LogP contribution in [0, 0.1) is 5.41 Å². The van der Waals surface area contributed by atoms with Gasteiger partial charge in [0.15, 0.2) is 0 Å². The minimum Gasteiger partial charge on any atom is -0.379 e. The third kappa shape index (κ3) is 5.44. The first-order chi connectivity index (χ1) is 10.2. The van der Waals surface area contributed by atoms with Crippen LogP contribution >= 0.6 is 0 Å². The zero-order valence-corrected chi connectivity index (χ0v) is 13.2. The first kappa shape index (κ1) is 16.5. The molecule has 2 aliphatic rings. The van der Waals surface area contributed by atoms with Crippen LogP contribution in [0.1, 0.15) is 44.9 Å². The van der Waals surface area contributed by atoms with Gasteiger partial charge in [0.05, 0.1) is 13.2 Å². The number of ether oxygens (including phenoxy) is 1. The van der Waals surface area contributed by atoms with Crippen LogP contribution in [0.2, 0.25) is 0 Å². The maximum absolute atomic E-state index is 11.9. The summed E-state index contributed by atoms with van der Waals surface area (Å²) in [7, 11) is 0. The average molecular weight is 294 g/mol. The predicted octanol–water partition coefficient (Wildman–Crippen LogP) is 2.35. The Kier molecular flexibility index (Phi) is 6.71. The third-order valence-corrected chi connectivity index (χ3v) is 4.81. The van der Waals surface area contributed by atoms with Crippen LogP contribution in [0.3, 0.4) is 0 Å². The van der Waals surface area contributed by atoms with E-state index in [4.69, 9.17) is 4.74 Å². The molecule has 0 aromatic carbocycles. The fourth-order valence-corrected chi connectivity index (χ4v) is 3.53. The first-order valence-corrected chi connectivity index (χ1v) is 8.42. The lowest BCUT2D eigenvalue weighted by Gasteiger charge is -2.42. The van der Waals surface area contributed by atoms with Gasteiger partial charge in [0, 0.05) is 38.0 Å². The number of amides is 1. The van der Waals surface area contributed by atoms with E-state index in [0.29, 0.717) is 6.42 Å². The molecule has 4 nitrogen and oxygen atoms in total. The Hall–Kier alpha value is -0.870. The Morgan fingerprint density at radius 2 is 1.95 bits per heavy atom. The largest absolute Gasteiger partial charge is 0.379 e. The van der Waals surface area contributed by atoms with Crippen molar-refractivity contribution in [1.29, 1.82) is 0 Å². The lowest BCUT2D eigenvalue weighted by molar-refractivity contribution is -0.121. The van der Waals surface area contributed by atoms with Gasteiger partial charge in [-0.1, -0.05) is 25.3 Å². The molecule has 0 radical (unpaired) electrons. The van der Waals surface area contributed by atoms with E-state index in [0.717, 1.165) is 45.8 Å². The van der Waals surface area contributed by atoms with Crippen molar-refractivity contribution in [3.8, 4) is 0 Å². The highest BCUT2D eigenvalue weighted by molar-refractivity contribution is 5.76. The molecule has 21 heavy (non-hydrogen) atoms. The van der Waals surface area contributed by atoms with Crippen LogP contribution in [-0.2, 0) is 9.53 Å². The highest BCUT2D eigenvalue weighted by Gasteiger charge is 2.34. The predicted molar refractivity (Wildman–Crippen MR) is 85.2 cm³/mol. The number of carbonyl (C=O) groups is 1. The van der Waals surface area contributed by atoms with Crippen molar-refractivity contribution >= 4 is 5.91 Å². The summed E-state index contributed by atoms with van der Waals surface area (Å²) < 4.78 is 5.44. The lowest BCUT2D eigenvalue weighted by Crippen LogP contribution is -2.49. The molecule has 2 fully saturated rings. The molecule has 1 saturated carbocycles. The summed E-state index contributed by atoms with van der Waals surface area (Å²) in [6.07, 6.45) is 9.57. The molecule has 1 amide bonds. The van der Waals surface area contributed by atoms with Crippen molar-refractivity contribution in [1.82, 2.24) is 10.2 Å². The van der Waals surface area contributed by atoms with Crippen molar-refractivity contribution in [3.63, 3.8) is 0 Å². The Balaban J connectivity index is 1.86. The van der Waals surface area contributed by atoms with Gasteiger partial charge >= 0.3 is 0 Å². The fourth-order valence-electron chi connectivity index (χ4n) is 3.53. The molecule has 0 atom stereocenters. The van der Waals surface area contributed by atoms with E-state index >= 15 is 0 Å². The number of carbonyl (C=O) groups excluding carboxylic acids is 1. The van der Waals surface area contributed by atoms with Gasteiger partial charge in [0.25, 0.3) is 0 Å². The number of morpholine rings is 1. The Morgan fingerprint density at radius 1 is 1.24 bits per heavy atom. The minimum atomic E-state index is 0.168. The molecule has 2 rings (SSSR count). The maximum Gasteiger partial charge on any atom is 0.220 e. The Labute approximate surface area is 128 Å². The van der Waals surface area contributed by atoms with E-state index in [1.54, 1.807) is 0 Å². The topological polar surface area (TPSA) is 41.6 Å². The summed E-state index contributed by atoms with van der Waals surface area (Å²) >= 11 is 0. The normalized spacial score (nSPS) is 22.7. The molecule has 0 spiro atoms. The second kappa shape index (κ2) is 8.54. The van der Waals surface area contributed by atoms with Crippen molar-refractivity contribution < 1.29 is 9.53 Å². The second-order valence-electron chi connectivity index (χ2n) is 6.55. The molecule has 4 heteroatoms. The zero-order chi connectivity index (χ0) is 15.0. The summed E-state index contributed by atoms with van der Waals surface area (Å²) in [4.78, 5) is 14.4. The number of rotatable bonds is 7. The van der Waals surface area contributed by atoms with Crippen LogP contribution in [0.5, 0.6) is 0 Å². The van der Waals surface area contributed by atoms with Gasteiger partial charge in [0.2, 0.25) is 5.91 Å². The van der Waals surface area contributed by atoms with Gasteiger partial charge in [-0.05, 0) is 19.3 Å². The van der Waals surface area contributed by atoms with Gasteiger partial charge in [0.1, 0.15) is 0 Å². The fraction of sp³-hybridized carbons (Fsp3) is 0.824. The summed E-state index contributed by atoms with van der Waals surface area (Å²) in [6.45, 7) is 9.38. The number of hydrogen-bond donors (Lipinski definition) is 1. The van der Waals surface area contributed by atoms with Crippen LogP contribution in [0.25, 0.3) is 0 Å². The van der Waals surface area contributed by atoms with Gasteiger partial charge in [-0.3, -0.25) is 9.69 Å². The van der Waals surface area contributed by atoms with Crippen molar-refractivity contribution in [2.75, 3.05) is 39.4 Å². The van der Waals surface area contributed by atoms with E-state index in [1.807, 2.05) is 6.08 Å². The smallest absolute Gasteiger partial charge is 0.220 e. The van der Waals surface area contributed by atoms with Crippen molar-refractivity contribution in [2.45, 2.75) is 44.9 Å². The Bertz CT molecular complexity index is 332. The number of nitrogens with one attached hydrogen (secondary N) is 1. The summed E-state index contributed by atoms with van der Waals surface area (Å²) in [5, 5.41) is 3.17. The van der Waals surface area contributed by atoms with E-state index in [1.165, 1.54) is 32.1 Å². The highest BCUT2D eigenvalue weighted by Crippen LogP contribution is 2.36. The van der Waals surface area contributed by atoms with Crippen molar-refractivity contribution in [3.05, 3.63) is 12.7 Å². The van der Waals surface area contributed by atoms with Crippen LogP contribution in [0.15, 0.2) is 12.7 Å². The molecule has 1 aliphatic heterocycles. The SMILES string of the molecule is C=CCCC(=O)NCC1(CN2CCOCC2)CCCCC1. The van der Waals surface area contributed by atoms with E-state index in [2.05, 4.69) is 16.8 Å². The lowest BCUT2D eigenvalue weighted by atomic mass is 9.73. The molecule has 1 aliphatic carbocycles. The van der Waals surface area contributed by atoms with Crippen LogP contribution in [-0.4, -0.2) is 50.2 Å². The molecule has 120 valence electrons. The highest BCUT2D eigenvalue weighted by atomic mass is 16.5. The monoisotopic (exact) mass is 294 g/mol. The summed E-state index contributed by atoms with van der Waals surface area (Å²) in [5.74, 6) is 0.168. The van der Waals surface area contributed by atoms with Gasteiger partial charge in [-0.15, -0.1) is 6.58 Å². The maximum atomic E-state index is 11.9. The molecular weight excluding hydrogens is 264 g/mol. The molecule has 0 unspecified atom stereocenters. The number of allylic oxidation sites excluding steroid dienone is 1. The van der Waals surface area contributed by atoms with E-state index in [9.17, 15) is 4.79 Å². The molecule has 0 aromatic heterocycles. The Morgan fingerprint density at radius 3 is 2.62 bits per heavy atom. The van der Waals surface area contributed by atoms with Crippen LogP contribution in [0.4, 0.5) is 0 Å². The third-order valence-electron chi connectivity index (χ3n) is 4.81. The van der Waals surface area contributed by atoms with Gasteiger partial charge in [-0.25, -0.2) is 0 Å². The summed E-state index contributed by atoms with van der Waals surface area (Å²) in [6, 6.07) is 0. The van der Waals surface area contributed by atoms with E-state index in [-0.39, 0.29) is 11.3 Å². The minimum absolute atomic E-state index is 0.168. The molecule has 1 saturated heterocycles. The molecule has 0 aromatic rings. The zero-order valence-electron chi connectivity index (χ0n) is 13.2. The summed E-state index contributed by atoms with van der Waals surface area (Å²) in [5.41, 5.74) is 0.277.